The standard InChI is InChI=1S/C17H19F3N4O2/c18-17(19,20)16(4-9-25-10-5-16)15-22-14(23-26-15)12-3-6-21-13(11-12)24-7-1-2-8-24/h3,6,11H,1-2,4-5,7-10H2. The van der Waals surface area contributed by atoms with Crippen molar-refractivity contribution in [2.45, 2.75) is 37.3 Å². The van der Waals surface area contributed by atoms with Crippen molar-refractivity contribution in [3.63, 3.8) is 0 Å². The lowest BCUT2D eigenvalue weighted by atomic mass is 9.79. The van der Waals surface area contributed by atoms with Crippen molar-refractivity contribution in [1.82, 2.24) is 15.1 Å². The highest BCUT2D eigenvalue weighted by Gasteiger charge is 2.60. The van der Waals surface area contributed by atoms with Crippen molar-refractivity contribution in [3.05, 3.63) is 24.2 Å². The number of rotatable bonds is 3. The number of hydrogen-bond donors (Lipinski definition) is 0. The SMILES string of the molecule is FC(F)(F)C1(c2nc(-c3ccnc(N4CCCC4)c3)no2)CCOCC1. The molecule has 2 aliphatic heterocycles. The molecule has 140 valence electrons. The summed E-state index contributed by atoms with van der Waals surface area (Å²) in [5.41, 5.74) is -1.54. The topological polar surface area (TPSA) is 64.3 Å². The lowest BCUT2D eigenvalue weighted by Gasteiger charge is -2.35. The van der Waals surface area contributed by atoms with Crippen LogP contribution in [-0.4, -0.2) is 47.6 Å². The minimum Gasteiger partial charge on any atom is -0.381 e. The minimum absolute atomic E-state index is 0.0194. The average molecular weight is 368 g/mol. The van der Waals surface area contributed by atoms with Gasteiger partial charge in [-0.3, -0.25) is 0 Å². The maximum absolute atomic E-state index is 13.8. The fraction of sp³-hybridized carbons (Fsp3) is 0.588. The first kappa shape index (κ1) is 17.3. The molecule has 2 aromatic rings. The zero-order valence-electron chi connectivity index (χ0n) is 14.1. The third kappa shape index (κ3) is 2.94. The number of nitrogens with zero attached hydrogens (tertiary/aromatic N) is 4. The number of hydrogen-bond acceptors (Lipinski definition) is 6. The highest BCUT2D eigenvalue weighted by Crippen LogP contribution is 2.47. The van der Waals surface area contributed by atoms with E-state index in [9.17, 15) is 13.2 Å². The second kappa shape index (κ2) is 6.53. The molecule has 9 heteroatoms. The van der Waals surface area contributed by atoms with Gasteiger partial charge in [-0.1, -0.05) is 5.16 Å². The summed E-state index contributed by atoms with van der Waals surface area (Å²) in [5.74, 6) is 0.545. The number of alkyl halides is 3. The fourth-order valence-corrected chi connectivity index (χ4v) is 3.55. The second-order valence-corrected chi connectivity index (χ2v) is 6.71. The van der Waals surface area contributed by atoms with Gasteiger partial charge in [0, 0.05) is 38.1 Å². The Morgan fingerprint density at radius 2 is 1.85 bits per heavy atom. The largest absolute Gasteiger partial charge is 0.403 e. The molecule has 0 N–H and O–H groups in total. The minimum atomic E-state index is -4.47. The summed E-state index contributed by atoms with van der Waals surface area (Å²) in [6.07, 6.45) is -1.07. The van der Waals surface area contributed by atoms with E-state index < -0.39 is 11.6 Å². The van der Waals surface area contributed by atoms with Gasteiger partial charge in [-0.05, 0) is 37.8 Å². The summed E-state index contributed by atoms with van der Waals surface area (Å²) in [7, 11) is 0. The van der Waals surface area contributed by atoms with E-state index in [4.69, 9.17) is 9.26 Å². The molecule has 6 nitrogen and oxygen atoms in total. The summed E-state index contributed by atoms with van der Waals surface area (Å²) >= 11 is 0. The van der Waals surface area contributed by atoms with Crippen LogP contribution < -0.4 is 4.90 Å². The van der Waals surface area contributed by atoms with E-state index in [1.807, 2.05) is 0 Å². The molecule has 2 fully saturated rings. The third-order valence-corrected chi connectivity index (χ3v) is 5.16. The Kier molecular flexibility index (Phi) is 4.34. The molecule has 0 saturated carbocycles. The molecule has 2 aliphatic rings. The highest BCUT2D eigenvalue weighted by molar-refractivity contribution is 5.60. The third-order valence-electron chi connectivity index (χ3n) is 5.16. The molecule has 0 unspecified atom stereocenters. The number of anilines is 1. The first-order chi connectivity index (χ1) is 12.5. The number of halogens is 3. The lowest BCUT2D eigenvalue weighted by Crippen LogP contribution is -2.47. The first-order valence-electron chi connectivity index (χ1n) is 8.70. The molecule has 2 saturated heterocycles. The Morgan fingerprint density at radius 1 is 1.12 bits per heavy atom. The van der Waals surface area contributed by atoms with Gasteiger partial charge in [-0.2, -0.15) is 18.2 Å². The Morgan fingerprint density at radius 3 is 2.54 bits per heavy atom. The molecular formula is C17H19F3N4O2. The van der Waals surface area contributed by atoms with Gasteiger partial charge in [0.2, 0.25) is 11.7 Å². The monoisotopic (exact) mass is 368 g/mol. The molecule has 2 aromatic heterocycles. The Hall–Kier alpha value is -2.16. The van der Waals surface area contributed by atoms with Crippen LogP contribution in [0.1, 0.15) is 31.6 Å². The molecule has 0 aromatic carbocycles. The molecule has 0 spiro atoms. The predicted octanol–water partition coefficient (Wildman–Crippen LogP) is 3.34. The van der Waals surface area contributed by atoms with Crippen LogP contribution in [0.3, 0.4) is 0 Å². The molecular weight excluding hydrogens is 349 g/mol. The highest BCUT2D eigenvalue weighted by atomic mass is 19.4. The van der Waals surface area contributed by atoms with Gasteiger partial charge in [0.15, 0.2) is 0 Å². The molecule has 0 bridgehead atoms. The number of pyridine rings is 1. The van der Waals surface area contributed by atoms with Crippen LogP contribution in [0.4, 0.5) is 19.0 Å². The lowest BCUT2D eigenvalue weighted by molar-refractivity contribution is -0.217. The quantitative estimate of drug-likeness (QED) is 0.828. The van der Waals surface area contributed by atoms with E-state index in [1.54, 1.807) is 18.3 Å². The summed E-state index contributed by atoms with van der Waals surface area (Å²) in [5, 5.41) is 3.81. The van der Waals surface area contributed by atoms with Gasteiger partial charge < -0.3 is 14.2 Å². The molecule has 4 rings (SSSR count). The summed E-state index contributed by atoms with van der Waals surface area (Å²) in [4.78, 5) is 10.6. The van der Waals surface area contributed by atoms with Crippen molar-refractivity contribution in [2.75, 3.05) is 31.2 Å². The predicted molar refractivity (Wildman–Crippen MR) is 86.8 cm³/mol. The van der Waals surface area contributed by atoms with Crippen LogP contribution in [0, 0.1) is 0 Å². The van der Waals surface area contributed by atoms with Crippen LogP contribution >= 0.6 is 0 Å². The van der Waals surface area contributed by atoms with Gasteiger partial charge in [-0.25, -0.2) is 4.98 Å². The maximum Gasteiger partial charge on any atom is 0.403 e. The van der Waals surface area contributed by atoms with Crippen LogP contribution in [0.2, 0.25) is 0 Å². The van der Waals surface area contributed by atoms with E-state index in [0.717, 1.165) is 31.7 Å². The van der Waals surface area contributed by atoms with Gasteiger partial charge in [0.05, 0.1) is 0 Å². The molecule has 4 heterocycles. The van der Waals surface area contributed by atoms with Crippen LogP contribution in [-0.2, 0) is 10.2 Å². The Balaban J connectivity index is 1.66. The molecule has 26 heavy (non-hydrogen) atoms. The van der Waals surface area contributed by atoms with Gasteiger partial charge in [0.1, 0.15) is 11.2 Å². The Bertz CT molecular complexity index is 765. The number of aromatic nitrogens is 3. The van der Waals surface area contributed by atoms with Crippen molar-refractivity contribution >= 4 is 5.82 Å². The van der Waals surface area contributed by atoms with Crippen molar-refractivity contribution in [2.24, 2.45) is 0 Å². The molecule has 0 radical (unpaired) electrons. The Labute approximate surface area is 148 Å². The van der Waals surface area contributed by atoms with Crippen LogP contribution in [0.5, 0.6) is 0 Å². The first-order valence-corrected chi connectivity index (χ1v) is 8.70. The van der Waals surface area contributed by atoms with E-state index >= 15 is 0 Å². The smallest absolute Gasteiger partial charge is 0.381 e. The maximum atomic E-state index is 13.8. The van der Waals surface area contributed by atoms with Crippen molar-refractivity contribution in [3.8, 4) is 11.4 Å². The van der Waals surface area contributed by atoms with Crippen LogP contribution in [0.15, 0.2) is 22.9 Å². The molecule has 0 amide bonds. The van der Waals surface area contributed by atoms with E-state index in [2.05, 4.69) is 20.0 Å². The van der Waals surface area contributed by atoms with Gasteiger partial charge in [0.25, 0.3) is 0 Å². The summed E-state index contributed by atoms with van der Waals surface area (Å²) in [6, 6.07) is 3.47. The number of ether oxygens (including phenoxy) is 1. The van der Waals surface area contributed by atoms with Gasteiger partial charge >= 0.3 is 6.18 Å². The fourth-order valence-electron chi connectivity index (χ4n) is 3.55. The van der Waals surface area contributed by atoms with Crippen LogP contribution in [0.25, 0.3) is 11.4 Å². The van der Waals surface area contributed by atoms with Crippen molar-refractivity contribution < 1.29 is 22.4 Å². The van der Waals surface area contributed by atoms with Gasteiger partial charge in [-0.15, -0.1) is 0 Å². The van der Waals surface area contributed by atoms with E-state index in [1.165, 1.54) is 0 Å². The second-order valence-electron chi connectivity index (χ2n) is 6.71. The van der Waals surface area contributed by atoms with Crippen molar-refractivity contribution in [1.29, 1.82) is 0 Å². The summed E-state index contributed by atoms with van der Waals surface area (Å²) < 4.78 is 51.5. The average Bonchev–Trinajstić information content (AvgIpc) is 3.34. The normalized spacial score (nSPS) is 20.5. The zero-order chi connectivity index (χ0) is 18.2. The zero-order valence-corrected chi connectivity index (χ0v) is 14.1. The summed E-state index contributed by atoms with van der Waals surface area (Å²) in [6.45, 7) is 1.88. The van der Waals surface area contributed by atoms with E-state index in [0.29, 0.717) is 5.56 Å². The van der Waals surface area contributed by atoms with E-state index in [-0.39, 0.29) is 37.8 Å². The molecule has 0 atom stereocenters. The molecule has 0 aliphatic carbocycles.